The Bertz CT molecular complexity index is 1360. The zero-order valence-electron chi connectivity index (χ0n) is 15.0. The fraction of sp³-hybridized carbons (Fsp3) is 0.0455. The minimum Gasteiger partial charge on any atom is -0.441 e. The summed E-state index contributed by atoms with van der Waals surface area (Å²) < 4.78 is 5.52. The van der Waals surface area contributed by atoms with E-state index in [1.54, 1.807) is 37.5 Å². The molecule has 0 bridgehead atoms. The minimum atomic E-state index is -0.223. The lowest BCUT2D eigenvalue weighted by Crippen LogP contribution is -2.05. The molecule has 0 saturated carbocycles. The summed E-state index contributed by atoms with van der Waals surface area (Å²) in [5, 5.41) is 1.00. The summed E-state index contributed by atoms with van der Waals surface area (Å²) in [5.41, 5.74) is 4.35. The van der Waals surface area contributed by atoms with Crippen molar-refractivity contribution in [3.8, 4) is 11.3 Å². The van der Waals surface area contributed by atoms with Crippen LogP contribution in [0.15, 0.2) is 71.5 Å². The summed E-state index contributed by atoms with van der Waals surface area (Å²) in [6, 6.07) is 15.0. The van der Waals surface area contributed by atoms with Crippen LogP contribution >= 0.6 is 0 Å². The molecule has 0 atom stereocenters. The third kappa shape index (κ3) is 2.81. The number of benzene rings is 2. The standard InChI is InChI=1S/C22H14N4O2/c1-13-25-18-7-6-15(9-21(18)28-13)22(27)20-12-23-11-19(26-20)16-8-14-4-2-3-5-17(14)24-10-16/h2-12H,1H3. The Morgan fingerprint density at radius 2 is 1.82 bits per heavy atom. The molecule has 0 amide bonds. The number of hydrogen-bond acceptors (Lipinski definition) is 6. The summed E-state index contributed by atoms with van der Waals surface area (Å²) >= 11 is 0. The van der Waals surface area contributed by atoms with E-state index < -0.39 is 0 Å². The molecular formula is C22H14N4O2. The molecule has 0 aliphatic heterocycles. The molecule has 0 aliphatic carbocycles. The molecule has 0 unspecified atom stereocenters. The van der Waals surface area contributed by atoms with Crippen molar-refractivity contribution in [3.05, 3.63) is 84.3 Å². The van der Waals surface area contributed by atoms with E-state index in [9.17, 15) is 4.79 Å². The second-order valence-electron chi connectivity index (χ2n) is 6.45. The normalized spacial score (nSPS) is 11.2. The number of fused-ring (bicyclic) bond motifs is 2. The van der Waals surface area contributed by atoms with Gasteiger partial charge in [0.15, 0.2) is 11.5 Å². The molecule has 0 fully saturated rings. The topological polar surface area (TPSA) is 81.8 Å². The summed E-state index contributed by atoms with van der Waals surface area (Å²) in [6.07, 6.45) is 4.84. The molecule has 0 saturated heterocycles. The van der Waals surface area contributed by atoms with Gasteiger partial charge in [-0.25, -0.2) is 9.97 Å². The Hall–Kier alpha value is -3.93. The Balaban J connectivity index is 1.54. The second-order valence-corrected chi connectivity index (χ2v) is 6.45. The van der Waals surface area contributed by atoms with E-state index in [4.69, 9.17) is 4.42 Å². The Labute approximate surface area is 159 Å². The molecule has 0 spiro atoms. The maximum Gasteiger partial charge on any atom is 0.213 e. The first kappa shape index (κ1) is 16.3. The van der Waals surface area contributed by atoms with Crippen molar-refractivity contribution in [1.82, 2.24) is 19.9 Å². The molecule has 0 N–H and O–H groups in total. The fourth-order valence-electron chi connectivity index (χ4n) is 3.15. The summed E-state index contributed by atoms with van der Waals surface area (Å²) in [7, 11) is 0. The van der Waals surface area contributed by atoms with Crippen LogP contribution in [0, 0.1) is 6.92 Å². The Kier molecular flexibility index (Phi) is 3.69. The van der Waals surface area contributed by atoms with Crippen molar-refractivity contribution in [1.29, 1.82) is 0 Å². The van der Waals surface area contributed by atoms with Gasteiger partial charge < -0.3 is 4.42 Å². The van der Waals surface area contributed by atoms with E-state index >= 15 is 0 Å². The van der Waals surface area contributed by atoms with Crippen molar-refractivity contribution in [2.45, 2.75) is 6.92 Å². The van der Waals surface area contributed by atoms with Crippen LogP contribution in [0.4, 0.5) is 0 Å². The van der Waals surface area contributed by atoms with Crippen LogP contribution < -0.4 is 0 Å². The van der Waals surface area contributed by atoms with Gasteiger partial charge in [-0.15, -0.1) is 0 Å². The molecule has 6 nitrogen and oxygen atoms in total. The fourth-order valence-corrected chi connectivity index (χ4v) is 3.15. The zero-order chi connectivity index (χ0) is 19.1. The van der Waals surface area contributed by atoms with Gasteiger partial charge in [0.1, 0.15) is 11.2 Å². The van der Waals surface area contributed by atoms with E-state index in [1.165, 1.54) is 6.20 Å². The average Bonchev–Trinajstić information content (AvgIpc) is 3.12. The van der Waals surface area contributed by atoms with Crippen LogP contribution in [-0.2, 0) is 0 Å². The van der Waals surface area contributed by atoms with E-state index in [-0.39, 0.29) is 11.5 Å². The number of pyridine rings is 1. The van der Waals surface area contributed by atoms with Crippen molar-refractivity contribution < 1.29 is 9.21 Å². The number of nitrogens with zero attached hydrogens (tertiary/aromatic N) is 4. The number of ketones is 1. The van der Waals surface area contributed by atoms with E-state index in [1.807, 2.05) is 30.3 Å². The number of aromatic nitrogens is 4. The van der Waals surface area contributed by atoms with Gasteiger partial charge in [-0.2, -0.15) is 0 Å². The first-order valence-electron chi connectivity index (χ1n) is 8.76. The molecule has 2 aromatic carbocycles. The van der Waals surface area contributed by atoms with Crippen LogP contribution in [0.25, 0.3) is 33.3 Å². The van der Waals surface area contributed by atoms with Crippen LogP contribution in [0.2, 0.25) is 0 Å². The first-order valence-corrected chi connectivity index (χ1v) is 8.76. The van der Waals surface area contributed by atoms with E-state index in [2.05, 4.69) is 19.9 Å². The first-order chi connectivity index (χ1) is 13.7. The van der Waals surface area contributed by atoms with Gasteiger partial charge in [0.25, 0.3) is 0 Å². The Morgan fingerprint density at radius 3 is 2.75 bits per heavy atom. The predicted molar refractivity (Wildman–Crippen MR) is 105 cm³/mol. The maximum absolute atomic E-state index is 12.9. The monoisotopic (exact) mass is 366 g/mol. The van der Waals surface area contributed by atoms with Gasteiger partial charge in [-0.05, 0) is 30.3 Å². The van der Waals surface area contributed by atoms with Crippen LogP contribution in [0.5, 0.6) is 0 Å². The highest BCUT2D eigenvalue weighted by atomic mass is 16.3. The van der Waals surface area contributed by atoms with Gasteiger partial charge in [0.05, 0.1) is 23.6 Å². The molecule has 5 rings (SSSR count). The van der Waals surface area contributed by atoms with Crippen molar-refractivity contribution >= 4 is 27.8 Å². The molecule has 6 heteroatoms. The smallest absolute Gasteiger partial charge is 0.213 e. The molecular weight excluding hydrogens is 352 g/mol. The number of rotatable bonds is 3. The third-order valence-electron chi connectivity index (χ3n) is 4.51. The van der Waals surface area contributed by atoms with E-state index in [0.29, 0.717) is 22.7 Å². The number of carbonyl (C=O) groups is 1. The van der Waals surface area contributed by atoms with Crippen molar-refractivity contribution in [2.75, 3.05) is 0 Å². The molecule has 134 valence electrons. The number of hydrogen-bond donors (Lipinski definition) is 0. The predicted octanol–water partition coefficient (Wildman–Crippen LogP) is 4.37. The van der Waals surface area contributed by atoms with Crippen LogP contribution in [0.1, 0.15) is 21.9 Å². The second kappa shape index (κ2) is 6.35. The largest absolute Gasteiger partial charge is 0.441 e. The summed E-state index contributed by atoms with van der Waals surface area (Å²) in [4.78, 5) is 30.3. The third-order valence-corrected chi connectivity index (χ3v) is 4.51. The lowest BCUT2D eigenvalue weighted by Gasteiger charge is -2.05. The number of aryl methyl sites for hydroxylation is 1. The molecule has 0 radical (unpaired) electrons. The lowest BCUT2D eigenvalue weighted by atomic mass is 10.1. The summed E-state index contributed by atoms with van der Waals surface area (Å²) in [6.45, 7) is 1.77. The molecule has 3 heterocycles. The molecule has 5 aromatic rings. The van der Waals surface area contributed by atoms with E-state index in [0.717, 1.165) is 22.0 Å². The molecule has 0 aliphatic rings. The lowest BCUT2D eigenvalue weighted by molar-refractivity contribution is 0.103. The minimum absolute atomic E-state index is 0.223. The highest BCUT2D eigenvalue weighted by Gasteiger charge is 2.15. The van der Waals surface area contributed by atoms with Gasteiger partial charge in [-0.1, -0.05) is 18.2 Å². The van der Waals surface area contributed by atoms with Gasteiger partial charge in [0, 0.05) is 29.6 Å². The van der Waals surface area contributed by atoms with Crippen molar-refractivity contribution in [2.24, 2.45) is 0 Å². The maximum atomic E-state index is 12.9. The summed E-state index contributed by atoms with van der Waals surface area (Å²) in [5.74, 6) is 0.337. The number of para-hydroxylation sites is 1. The Morgan fingerprint density at radius 1 is 0.929 bits per heavy atom. The average molecular weight is 366 g/mol. The quantitative estimate of drug-likeness (QED) is 0.441. The number of oxazole rings is 1. The van der Waals surface area contributed by atoms with Gasteiger partial charge >= 0.3 is 0 Å². The van der Waals surface area contributed by atoms with Gasteiger partial charge in [-0.3, -0.25) is 14.8 Å². The highest BCUT2D eigenvalue weighted by Crippen LogP contribution is 2.22. The molecule has 28 heavy (non-hydrogen) atoms. The van der Waals surface area contributed by atoms with Crippen molar-refractivity contribution in [3.63, 3.8) is 0 Å². The highest BCUT2D eigenvalue weighted by molar-refractivity contribution is 6.09. The van der Waals surface area contributed by atoms with Crippen LogP contribution in [-0.4, -0.2) is 25.7 Å². The zero-order valence-corrected chi connectivity index (χ0v) is 15.0. The van der Waals surface area contributed by atoms with Gasteiger partial charge in [0.2, 0.25) is 5.78 Å². The number of carbonyl (C=O) groups excluding carboxylic acids is 1. The molecule has 3 aromatic heterocycles. The SMILES string of the molecule is Cc1nc2ccc(C(=O)c3cncc(-c4cnc5ccccc5c4)n3)cc2o1. The van der Waals surface area contributed by atoms with Crippen LogP contribution in [0.3, 0.4) is 0 Å².